The van der Waals surface area contributed by atoms with Crippen molar-refractivity contribution in [1.29, 1.82) is 0 Å². The lowest BCUT2D eigenvalue weighted by molar-refractivity contribution is -0.156. The molecule has 1 fully saturated rings. The molecule has 2 unspecified atom stereocenters. The van der Waals surface area contributed by atoms with E-state index in [0.29, 0.717) is 5.57 Å². The number of carbonyl (C=O) groups is 2. The largest absolute Gasteiger partial charge is 0.480 e. The highest BCUT2D eigenvalue weighted by Crippen LogP contribution is 2.21. The molecule has 1 aliphatic rings. The lowest BCUT2D eigenvalue weighted by atomic mass is 10.1. The molecule has 0 aromatic rings. The maximum atomic E-state index is 11.7. The first-order valence-corrected chi connectivity index (χ1v) is 5.10. The van der Waals surface area contributed by atoms with E-state index in [1.807, 2.05) is 0 Å². The summed E-state index contributed by atoms with van der Waals surface area (Å²) in [6, 6.07) is -1.45. The van der Waals surface area contributed by atoms with E-state index in [2.05, 4.69) is 11.9 Å². The molecule has 2 atom stereocenters. The van der Waals surface area contributed by atoms with Crippen molar-refractivity contribution in [2.75, 3.05) is 0 Å². The van der Waals surface area contributed by atoms with Crippen LogP contribution in [0, 0.1) is 0 Å². The minimum Gasteiger partial charge on any atom is -0.480 e. The number of nitrogens with one attached hydrogen (secondary N) is 1. The number of ether oxygens (including phenoxy) is 1. The molecular formula is C11H17NO4. The Morgan fingerprint density at radius 2 is 2.06 bits per heavy atom. The molecule has 0 amide bonds. The summed E-state index contributed by atoms with van der Waals surface area (Å²) in [7, 11) is 0. The van der Waals surface area contributed by atoms with E-state index in [0.717, 1.165) is 0 Å². The summed E-state index contributed by atoms with van der Waals surface area (Å²) in [6.45, 7) is 8.98. The maximum Gasteiger partial charge on any atom is 0.327 e. The van der Waals surface area contributed by atoms with Crippen LogP contribution in [0.5, 0.6) is 0 Å². The van der Waals surface area contributed by atoms with Crippen LogP contribution in [-0.2, 0) is 14.3 Å². The third kappa shape index (κ3) is 3.06. The first-order valence-electron chi connectivity index (χ1n) is 5.10. The van der Waals surface area contributed by atoms with Crippen LogP contribution in [0.25, 0.3) is 0 Å². The minimum absolute atomic E-state index is 0.263. The van der Waals surface area contributed by atoms with Gasteiger partial charge in [-0.1, -0.05) is 6.58 Å². The van der Waals surface area contributed by atoms with Gasteiger partial charge in [0.1, 0.15) is 17.7 Å². The second kappa shape index (κ2) is 4.25. The third-order valence-corrected chi connectivity index (χ3v) is 2.18. The molecule has 0 saturated carbocycles. The van der Waals surface area contributed by atoms with Gasteiger partial charge < -0.3 is 9.84 Å². The van der Waals surface area contributed by atoms with Crippen molar-refractivity contribution in [2.45, 2.75) is 44.9 Å². The number of carboxylic acids is 1. The summed E-state index contributed by atoms with van der Waals surface area (Å²) in [5.41, 5.74) is -0.0259. The second-order valence-electron chi connectivity index (χ2n) is 4.89. The number of rotatable bonds is 2. The molecule has 1 aliphatic heterocycles. The second-order valence-corrected chi connectivity index (χ2v) is 4.89. The molecule has 1 rings (SSSR count). The summed E-state index contributed by atoms with van der Waals surface area (Å²) < 4.78 is 5.16. The molecule has 16 heavy (non-hydrogen) atoms. The number of carbonyl (C=O) groups excluding carboxylic acids is 1. The molecule has 0 aliphatic carbocycles. The molecule has 1 saturated heterocycles. The van der Waals surface area contributed by atoms with Gasteiger partial charge in [-0.2, -0.15) is 0 Å². The van der Waals surface area contributed by atoms with Crippen molar-refractivity contribution >= 4 is 11.9 Å². The summed E-state index contributed by atoms with van der Waals surface area (Å²) in [5, 5.41) is 11.5. The van der Waals surface area contributed by atoms with Gasteiger partial charge in [-0.15, -0.1) is 0 Å². The number of hydrogen-bond acceptors (Lipinski definition) is 4. The fourth-order valence-corrected chi connectivity index (χ4v) is 1.51. The van der Waals surface area contributed by atoms with Gasteiger partial charge in [0.2, 0.25) is 0 Å². The maximum absolute atomic E-state index is 11.7. The highest BCUT2D eigenvalue weighted by Gasteiger charge is 2.38. The number of aliphatic carboxylic acids is 1. The Balaban J connectivity index is 2.65. The van der Waals surface area contributed by atoms with Gasteiger partial charge >= 0.3 is 11.9 Å². The Morgan fingerprint density at radius 1 is 1.50 bits per heavy atom. The monoisotopic (exact) mass is 227 g/mol. The smallest absolute Gasteiger partial charge is 0.327 e. The quantitative estimate of drug-likeness (QED) is 0.536. The van der Waals surface area contributed by atoms with E-state index in [4.69, 9.17) is 9.84 Å². The van der Waals surface area contributed by atoms with E-state index in [1.165, 1.54) is 0 Å². The summed E-state index contributed by atoms with van der Waals surface area (Å²) in [5.74, 6) is -1.45. The predicted octanol–water partition coefficient (Wildman–Crippen LogP) is 0.699. The summed E-state index contributed by atoms with van der Waals surface area (Å²) in [4.78, 5) is 22.4. The van der Waals surface area contributed by atoms with E-state index < -0.39 is 29.6 Å². The number of carboxylic acid groups (broad SMARTS) is 1. The van der Waals surface area contributed by atoms with Crippen molar-refractivity contribution in [3.8, 4) is 0 Å². The Labute approximate surface area is 94.5 Å². The van der Waals surface area contributed by atoms with Crippen LogP contribution in [0.3, 0.4) is 0 Å². The van der Waals surface area contributed by atoms with Gasteiger partial charge in [0, 0.05) is 0 Å². The molecule has 1 heterocycles. The molecule has 0 radical (unpaired) electrons. The average molecular weight is 227 g/mol. The fourth-order valence-electron chi connectivity index (χ4n) is 1.51. The van der Waals surface area contributed by atoms with Crippen LogP contribution in [0.4, 0.5) is 0 Å². The van der Waals surface area contributed by atoms with Gasteiger partial charge in [0.25, 0.3) is 0 Å². The fraction of sp³-hybridized carbons (Fsp3) is 0.636. The predicted molar refractivity (Wildman–Crippen MR) is 57.9 cm³/mol. The SMILES string of the molecule is C=C1CC(C(=O)O)NC1C(=O)OC(C)(C)C. The lowest BCUT2D eigenvalue weighted by Crippen LogP contribution is -2.42. The van der Waals surface area contributed by atoms with Crippen molar-refractivity contribution in [3.05, 3.63) is 12.2 Å². The molecule has 5 nitrogen and oxygen atoms in total. The normalized spacial score (nSPS) is 25.6. The van der Waals surface area contributed by atoms with Crippen molar-refractivity contribution < 1.29 is 19.4 Å². The van der Waals surface area contributed by atoms with Crippen LogP contribution in [-0.4, -0.2) is 34.7 Å². The molecule has 2 N–H and O–H groups in total. The topological polar surface area (TPSA) is 75.6 Å². The number of hydrogen-bond donors (Lipinski definition) is 2. The summed E-state index contributed by atoms with van der Waals surface area (Å²) >= 11 is 0. The van der Waals surface area contributed by atoms with Gasteiger partial charge in [-0.05, 0) is 32.8 Å². The first-order chi connectivity index (χ1) is 7.20. The highest BCUT2D eigenvalue weighted by molar-refractivity contribution is 5.84. The Kier molecular flexibility index (Phi) is 3.38. The van der Waals surface area contributed by atoms with E-state index in [1.54, 1.807) is 20.8 Å². The molecule has 90 valence electrons. The zero-order valence-corrected chi connectivity index (χ0v) is 9.74. The highest BCUT2D eigenvalue weighted by atomic mass is 16.6. The van der Waals surface area contributed by atoms with Crippen LogP contribution in [0.15, 0.2) is 12.2 Å². The Bertz CT molecular complexity index is 329. The van der Waals surface area contributed by atoms with Crippen molar-refractivity contribution in [2.24, 2.45) is 0 Å². The molecule has 0 aromatic heterocycles. The van der Waals surface area contributed by atoms with Crippen LogP contribution < -0.4 is 5.32 Å². The van der Waals surface area contributed by atoms with Gasteiger partial charge in [0.05, 0.1) is 0 Å². The van der Waals surface area contributed by atoms with E-state index >= 15 is 0 Å². The van der Waals surface area contributed by atoms with Crippen molar-refractivity contribution in [3.63, 3.8) is 0 Å². The van der Waals surface area contributed by atoms with Crippen LogP contribution in [0.1, 0.15) is 27.2 Å². The average Bonchev–Trinajstić information content (AvgIpc) is 2.44. The molecule has 5 heteroatoms. The third-order valence-electron chi connectivity index (χ3n) is 2.18. The van der Waals surface area contributed by atoms with Crippen LogP contribution in [0.2, 0.25) is 0 Å². The van der Waals surface area contributed by atoms with Crippen molar-refractivity contribution in [1.82, 2.24) is 5.32 Å². The molecule has 0 spiro atoms. The van der Waals surface area contributed by atoms with Gasteiger partial charge in [-0.25, -0.2) is 4.79 Å². The standard InChI is InChI=1S/C11H17NO4/c1-6-5-7(9(13)14)12-8(6)10(15)16-11(2,3)4/h7-8,12H,1,5H2,2-4H3,(H,13,14). The van der Waals surface area contributed by atoms with E-state index in [-0.39, 0.29) is 6.42 Å². The Morgan fingerprint density at radius 3 is 2.44 bits per heavy atom. The number of esters is 1. The van der Waals surface area contributed by atoms with Crippen LogP contribution >= 0.6 is 0 Å². The minimum atomic E-state index is -0.979. The van der Waals surface area contributed by atoms with Gasteiger partial charge in [0.15, 0.2) is 0 Å². The van der Waals surface area contributed by atoms with Gasteiger partial charge in [-0.3, -0.25) is 10.1 Å². The first kappa shape index (κ1) is 12.7. The zero-order valence-electron chi connectivity index (χ0n) is 9.74. The Hall–Kier alpha value is -1.36. The van der Waals surface area contributed by atoms with E-state index in [9.17, 15) is 9.59 Å². The lowest BCUT2D eigenvalue weighted by Gasteiger charge is -2.22. The molecular weight excluding hydrogens is 210 g/mol. The summed E-state index contributed by atoms with van der Waals surface area (Å²) in [6.07, 6.45) is 0.263. The molecule has 0 aromatic carbocycles. The zero-order chi connectivity index (χ0) is 12.5. The molecule has 0 bridgehead atoms.